The number of amidine groups is 1. The number of nitrogens with zero attached hydrogens (tertiary/aromatic N) is 3. The number of fused-ring (bicyclic) bond motifs is 1. The van der Waals surface area contributed by atoms with Gasteiger partial charge in [-0.25, -0.2) is 9.18 Å². The van der Waals surface area contributed by atoms with Crippen molar-refractivity contribution in [1.82, 2.24) is 14.8 Å². The first-order chi connectivity index (χ1) is 18.0. The molecule has 5 rings (SSSR count). The number of hydrogen-bond acceptors (Lipinski definition) is 3. The number of halogens is 1. The summed E-state index contributed by atoms with van der Waals surface area (Å²) in [5.74, 6) is -1.53. The van der Waals surface area contributed by atoms with Gasteiger partial charge in [0.1, 0.15) is 11.7 Å². The Bertz CT molecular complexity index is 1480. The van der Waals surface area contributed by atoms with Crippen molar-refractivity contribution in [2.24, 2.45) is 4.99 Å². The van der Waals surface area contributed by atoms with Crippen molar-refractivity contribution < 1.29 is 18.8 Å². The van der Waals surface area contributed by atoms with E-state index in [4.69, 9.17) is 0 Å². The third-order valence-corrected chi connectivity index (χ3v) is 6.22. The van der Waals surface area contributed by atoms with E-state index in [0.29, 0.717) is 30.1 Å². The normalized spacial score (nSPS) is 14.0. The van der Waals surface area contributed by atoms with Gasteiger partial charge in [-0.3, -0.25) is 9.59 Å². The first-order valence-electron chi connectivity index (χ1n) is 11.9. The topological polar surface area (TPSA) is 97.9 Å². The molecule has 0 spiro atoms. The number of aliphatic imine (C=N–C) groups is 1. The van der Waals surface area contributed by atoms with Crippen LogP contribution < -0.4 is 5.32 Å². The number of ketones is 1. The molecular weight excluding hydrogens is 473 g/mol. The van der Waals surface area contributed by atoms with Gasteiger partial charge >= 0.3 is 6.03 Å². The number of aromatic amines is 1. The maximum Gasteiger partial charge on any atom is 0.347 e. The summed E-state index contributed by atoms with van der Waals surface area (Å²) in [5, 5.41) is 2.88. The highest BCUT2D eigenvalue weighted by atomic mass is 19.1. The van der Waals surface area contributed by atoms with E-state index in [1.54, 1.807) is 18.2 Å². The van der Waals surface area contributed by atoms with E-state index in [0.717, 1.165) is 5.56 Å². The van der Waals surface area contributed by atoms with Crippen LogP contribution in [0.5, 0.6) is 0 Å². The molecule has 0 saturated carbocycles. The molecule has 186 valence electrons. The molecule has 0 aliphatic carbocycles. The summed E-state index contributed by atoms with van der Waals surface area (Å²) >= 11 is 0. The Labute approximate surface area is 212 Å². The third kappa shape index (κ3) is 5.11. The van der Waals surface area contributed by atoms with E-state index in [-0.39, 0.29) is 24.0 Å². The Morgan fingerprint density at radius 3 is 2.16 bits per heavy atom. The average molecular weight is 498 g/mol. The second kappa shape index (κ2) is 10.4. The van der Waals surface area contributed by atoms with E-state index < -0.39 is 23.5 Å². The zero-order valence-electron chi connectivity index (χ0n) is 19.9. The van der Waals surface area contributed by atoms with Gasteiger partial charge in [-0.1, -0.05) is 54.6 Å². The summed E-state index contributed by atoms with van der Waals surface area (Å²) in [5.41, 5.74) is 1.87. The van der Waals surface area contributed by atoms with Crippen LogP contribution in [0.25, 0.3) is 10.9 Å². The van der Waals surface area contributed by atoms with E-state index in [1.165, 1.54) is 23.2 Å². The van der Waals surface area contributed by atoms with Crippen molar-refractivity contribution in [3.8, 4) is 0 Å². The van der Waals surface area contributed by atoms with Crippen LogP contribution in [0.1, 0.15) is 15.9 Å². The molecule has 9 heteroatoms. The maximum absolute atomic E-state index is 14.3. The largest absolute Gasteiger partial charge is 0.360 e. The minimum Gasteiger partial charge on any atom is -0.360 e. The Hall–Kier alpha value is -4.79. The molecule has 0 bridgehead atoms. The first kappa shape index (κ1) is 23.9. The predicted molar refractivity (Wildman–Crippen MR) is 139 cm³/mol. The van der Waals surface area contributed by atoms with Crippen molar-refractivity contribution in [2.75, 3.05) is 31.5 Å². The Balaban J connectivity index is 1.31. The monoisotopic (exact) mass is 497 g/mol. The number of piperazine rings is 1. The number of Topliss-reactive ketones (excluding diaryl/α,β-unsaturated/α-hetero) is 1. The van der Waals surface area contributed by atoms with Gasteiger partial charge in [0.05, 0.1) is 5.56 Å². The van der Waals surface area contributed by atoms with Crippen molar-refractivity contribution >= 4 is 40.1 Å². The second-order valence-electron chi connectivity index (χ2n) is 8.57. The average Bonchev–Trinajstić information content (AvgIpc) is 3.38. The number of hydrogen-bond donors (Lipinski definition) is 2. The number of nitrogens with one attached hydrogen (secondary N) is 2. The predicted octanol–water partition coefficient (Wildman–Crippen LogP) is 4.31. The Kier molecular flexibility index (Phi) is 6.76. The molecule has 0 unspecified atom stereocenters. The molecule has 4 aromatic rings. The number of rotatable bonds is 4. The van der Waals surface area contributed by atoms with E-state index in [2.05, 4.69) is 15.3 Å². The summed E-state index contributed by atoms with van der Waals surface area (Å²) in [6.45, 7) is 1.24. The number of amides is 3. The molecule has 37 heavy (non-hydrogen) atoms. The number of benzene rings is 3. The van der Waals surface area contributed by atoms with Crippen molar-refractivity contribution in [3.05, 3.63) is 102 Å². The standard InChI is InChI=1S/C28H24FN5O3/c29-22-12-7-13-23-24(22)21(18-30-23)25(35)27(36)34-16-14-33(15-17-34)26(19-8-3-1-4-9-19)32-28(37)31-20-10-5-2-6-11-20/h1-13,18,30H,14-17H2,(H,31,37)/b32-26+. The van der Waals surface area contributed by atoms with Gasteiger partial charge < -0.3 is 20.1 Å². The van der Waals surface area contributed by atoms with Gasteiger partial charge in [-0.2, -0.15) is 4.99 Å². The van der Waals surface area contributed by atoms with Crippen LogP contribution in [0.2, 0.25) is 0 Å². The minimum atomic E-state index is -0.760. The number of aromatic nitrogens is 1. The molecule has 1 aliphatic rings. The van der Waals surface area contributed by atoms with Crippen LogP contribution in [0.3, 0.4) is 0 Å². The van der Waals surface area contributed by atoms with Crippen LogP contribution in [-0.2, 0) is 4.79 Å². The molecule has 1 fully saturated rings. The van der Waals surface area contributed by atoms with Gasteiger partial charge in [0.15, 0.2) is 0 Å². The molecule has 2 N–H and O–H groups in total. The van der Waals surface area contributed by atoms with Crippen molar-refractivity contribution in [1.29, 1.82) is 0 Å². The van der Waals surface area contributed by atoms with Gasteiger partial charge in [0.2, 0.25) is 0 Å². The summed E-state index contributed by atoms with van der Waals surface area (Å²) < 4.78 is 14.3. The van der Waals surface area contributed by atoms with Crippen LogP contribution in [0, 0.1) is 5.82 Å². The number of anilines is 1. The summed E-state index contributed by atoms with van der Waals surface area (Å²) in [7, 11) is 0. The van der Waals surface area contributed by atoms with Crippen molar-refractivity contribution in [2.45, 2.75) is 0 Å². The minimum absolute atomic E-state index is 0.0182. The molecule has 3 amide bonds. The number of para-hydroxylation sites is 1. The smallest absolute Gasteiger partial charge is 0.347 e. The lowest BCUT2D eigenvalue weighted by Crippen LogP contribution is -2.52. The molecule has 1 aromatic heterocycles. The van der Waals surface area contributed by atoms with Crippen LogP contribution >= 0.6 is 0 Å². The zero-order valence-corrected chi connectivity index (χ0v) is 19.9. The van der Waals surface area contributed by atoms with Crippen LogP contribution in [0.15, 0.2) is 90.1 Å². The fourth-order valence-corrected chi connectivity index (χ4v) is 4.37. The van der Waals surface area contributed by atoms with Gasteiger partial charge in [0, 0.05) is 54.5 Å². The van der Waals surface area contributed by atoms with E-state index >= 15 is 0 Å². The Morgan fingerprint density at radius 2 is 1.46 bits per heavy atom. The highest BCUT2D eigenvalue weighted by Gasteiger charge is 2.30. The fourth-order valence-electron chi connectivity index (χ4n) is 4.37. The Morgan fingerprint density at radius 1 is 0.811 bits per heavy atom. The second-order valence-corrected chi connectivity index (χ2v) is 8.57. The van der Waals surface area contributed by atoms with E-state index in [1.807, 2.05) is 53.4 Å². The fraction of sp³-hybridized carbons (Fsp3) is 0.143. The molecule has 0 radical (unpaired) electrons. The lowest BCUT2D eigenvalue weighted by Gasteiger charge is -2.36. The number of H-pyrrole nitrogens is 1. The summed E-state index contributed by atoms with van der Waals surface area (Å²) in [6, 6.07) is 22.3. The van der Waals surface area contributed by atoms with Crippen LogP contribution in [-0.4, -0.2) is 64.5 Å². The third-order valence-electron chi connectivity index (χ3n) is 6.22. The number of urea groups is 1. The SMILES string of the molecule is O=C(/N=C(\c1ccccc1)N1CCN(C(=O)C(=O)c2c[nH]c3cccc(F)c23)CC1)Nc1ccccc1. The van der Waals surface area contributed by atoms with Crippen LogP contribution in [0.4, 0.5) is 14.9 Å². The number of carbonyl (C=O) groups excluding carboxylic acids is 3. The highest BCUT2D eigenvalue weighted by molar-refractivity contribution is 6.44. The lowest BCUT2D eigenvalue weighted by molar-refractivity contribution is -0.127. The molecule has 1 saturated heterocycles. The molecular formula is C28H24FN5O3. The van der Waals surface area contributed by atoms with Gasteiger partial charge in [0.25, 0.3) is 11.7 Å². The lowest BCUT2D eigenvalue weighted by atomic mass is 10.1. The van der Waals surface area contributed by atoms with E-state index in [9.17, 15) is 18.8 Å². The first-order valence-corrected chi connectivity index (χ1v) is 11.9. The molecule has 3 aromatic carbocycles. The van der Waals surface area contributed by atoms with Gasteiger partial charge in [-0.15, -0.1) is 0 Å². The number of carbonyl (C=O) groups is 3. The molecule has 2 heterocycles. The van der Waals surface area contributed by atoms with Crippen molar-refractivity contribution in [3.63, 3.8) is 0 Å². The zero-order chi connectivity index (χ0) is 25.8. The molecule has 0 atom stereocenters. The van der Waals surface area contributed by atoms with Gasteiger partial charge in [-0.05, 0) is 24.3 Å². The summed E-state index contributed by atoms with van der Waals surface area (Å²) in [4.78, 5) is 49.2. The maximum atomic E-state index is 14.3. The quantitative estimate of drug-likeness (QED) is 0.190. The highest BCUT2D eigenvalue weighted by Crippen LogP contribution is 2.23. The molecule has 1 aliphatic heterocycles. The molecule has 8 nitrogen and oxygen atoms in total. The summed E-state index contributed by atoms with van der Waals surface area (Å²) in [6.07, 6.45) is 1.37.